The summed E-state index contributed by atoms with van der Waals surface area (Å²) >= 11 is 2.88. The molecule has 1 aromatic carbocycles. The lowest BCUT2D eigenvalue weighted by Gasteiger charge is -2.16. The number of para-hydroxylation sites is 1. The van der Waals surface area contributed by atoms with Gasteiger partial charge in [0.05, 0.1) is 23.8 Å². The lowest BCUT2D eigenvalue weighted by atomic mass is 10.1. The maximum atomic E-state index is 13.6. The predicted octanol–water partition coefficient (Wildman–Crippen LogP) is 5.11. The van der Waals surface area contributed by atoms with E-state index < -0.39 is 0 Å². The summed E-state index contributed by atoms with van der Waals surface area (Å²) in [7, 11) is 0. The third kappa shape index (κ3) is 5.03. The number of ether oxygens (including phenoxy) is 1. The van der Waals surface area contributed by atoms with Gasteiger partial charge in [-0.15, -0.1) is 11.3 Å². The summed E-state index contributed by atoms with van der Waals surface area (Å²) in [6.07, 6.45) is 3.60. The van der Waals surface area contributed by atoms with Crippen molar-refractivity contribution in [1.82, 2.24) is 9.55 Å². The molecule has 176 valence electrons. The molecule has 1 unspecified atom stereocenters. The van der Waals surface area contributed by atoms with Crippen molar-refractivity contribution in [3.8, 4) is 0 Å². The van der Waals surface area contributed by atoms with Crippen LogP contribution in [-0.4, -0.2) is 33.9 Å². The van der Waals surface area contributed by atoms with E-state index in [1.807, 2.05) is 32.0 Å². The summed E-state index contributed by atoms with van der Waals surface area (Å²) in [5.74, 6) is 0.0880. The first kappa shape index (κ1) is 24.0. The number of amides is 1. The molecule has 0 bridgehead atoms. The Kier molecular flexibility index (Phi) is 7.56. The molecular formula is C25H31N3O3S2. The van der Waals surface area contributed by atoms with Gasteiger partial charge in [-0.1, -0.05) is 43.8 Å². The van der Waals surface area contributed by atoms with Gasteiger partial charge in [-0.2, -0.15) is 0 Å². The summed E-state index contributed by atoms with van der Waals surface area (Å²) in [5, 5.41) is 4.38. The third-order valence-electron chi connectivity index (χ3n) is 6.18. The fraction of sp³-hybridized carbons (Fsp3) is 0.480. The molecule has 0 aliphatic carbocycles. The zero-order chi connectivity index (χ0) is 23.5. The molecule has 3 aromatic rings. The number of carbonyl (C=O) groups excluding carboxylic acids is 1. The summed E-state index contributed by atoms with van der Waals surface area (Å²) in [5.41, 5.74) is 4.10. The van der Waals surface area contributed by atoms with Crippen LogP contribution in [0.1, 0.15) is 48.3 Å². The van der Waals surface area contributed by atoms with Crippen LogP contribution in [0.25, 0.3) is 10.2 Å². The maximum absolute atomic E-state index is 13.6. The highest BCUT2D eigenvalue weighted by Gasteiger charge is 2.23. The molecule has 8 heteroatoms. The van der Waals surface area contributed by atoms with Gasteiger partial charge in [-0.25, -0.2) is 4.98 Å². The zero-order valence-corrected chi connectivity index (χ0v) is 21.3. The van der Waals surface area contributed by atoms with Crippen LogP contribution < -0.4 is 10.9 Å². The summed E-state index contributed by atoms with van der Waals surface area (Å²) in [6.45, 7) is 9.40. The normalized spacial score (nSPS) is 15.9. The second-order valence-corrected chi connectivity index (χ2v) is 10.6. The second-order valence-electron chi connectivity index (χ2n) is 8.42. The molecule has 1 amide bonds. The number of aryl methyl sites for hydroxylation is 4. The van der Waals surface area contributed by atoms with Gasteiger partial charge in [-0.05, 0) is 56.2 Å². The standard InChI is InChI=1S/C25H31N3O3S2/c1-5-17-10-7-9-15(3)22(17)26-20(29)14-32-25-27-23-21(19(6-2)16(4)33-23)24(30)28(25)13-18-11-8-12-31-18/h7,9-10,18H,5-6,8,11-14H2,1-4H3,(H,26,29). The number of thiophene rings is 1. The average molecular weight is 486 g/mol. The van der Waals surface area contributed by atoms with Crippen LogP contribution in [0.5, 0.6) is 0 Å². The molecule has 1 fully saturated rings. The SMILES string of the molecule is CCc1cccc(C)c1NC(=O)CSc1nc2sc(C)c(CC)c2c(=O)n1CC1CCCO1. The van der Waals surface area contributed by atoms with Crippen molar-refractivity contribution < 1.29 is 9.53 Å². The van der Waals surface area contributed by atoms with Crippen molar-refractivity contribution in [1.29, 1.82) is 0 Å². The lowest BCUT2D eigenvalue weighted by molar-refractivity contribution is -0.113. The molecule has 4 rings (SSSR count). The highest BCUT2D eigenvalue weighted by Crippen LogP contribution is 2.30. The number of aromatic nitrogens is 2. The van der Waals surface area contributed by atoms with Crippen LogP contribution in [0.15, 0.2) is 28.2 Å². The van der Waals surface area contributed by atoms with Crippen molar-refractivity contribution in [3.63, 3.8) is 0 Å². The quantitative estimate of drug-likeness (QED) is 0.355. The van der Waals surface area contributed by atoms with Gasteiger partial charge in [-0.3, -0.25) is 14.2 Å². The van der Waals surface area contributed by atoms with Gasteiger partial charge < -0.3 is 10.1 Å². The Morgan fingerprint density at radius 3 is 2.82 bits per heavy atom. The van der Waals surface area contributed by atoms with Gasteiger partial charge in [0.2, 0.25) is 5.91 Å². The fourth-order valence-electron chi connectivity index (χ4n) is 4.43. The number of rotatable bonds is 8. The van der Waals surface area contributed by atoms with Crippen molar-refractivity contribution >= 4 is 44.9 Å². The van der Waals surface area contributed by atoms with E-state index in [4.69, 9.17) is 9.72 Å². The molecule has 6 nitrogen and oxygen atoms in total. The molecule has 0 spiro atoms. The number of thioether (sulfide) groups is 1. The molecule has 1 atom stereocenters. The lowest BCUT2D eigenvalue weighted by Crippen LogP contribution is -2.29. The Morgan fingerprint density at radius 2 is 2.12 bits per heavy atom. The van der Waals surface area contributed by atoms with Gasteiger partial charge in [0.25, 0.3) is 5.56 Å². The largest absolute Gasteiger partial charge is 0.376 e. The first-order valence-electron chi connectivity index (χ1n) is 11.6. The van der Waals surface area contributed by atoms with Crippen LogP contribution in [-0.2, 0) is 28.9 Å². The Balaban J connectivity index is 1.62. The number of hydrogen-bond acceptors (Lipinski definition) is 6. The number of carbonyl (C=O) groups is 1. The Morgan fingerprint density at radius 1 is 1.30 bits per heavy atom. The van der Waals surface area contributed by atoms with E-state index in [-0.39, 0.29) is 23.3 Å². The predicted molar refractivity (Wildman–Crippen MR) is 137 cm³/mol. The van der Waals surface area contributed by atoms with Crippen LogP contribution in [0, 0.1) is 13.8 Å². The number of nitrogens with one attached hydrogen (secondary N) is 1. The fourth-order valence-corrected chi connectivity index (χ4v) is 6.39. The smallest absolute Gasteiger partial charge is 0.263 e. The molecule has 0 radical (unpaired) electrons. The summed E-state index contributed by atoms with van der Waals surface area (Å²) in [4.78, 5) is 33.1. The van der Waals surface area contributed by atoms with Crippen LogP contribution >= 0.6 is 23.1 Å². The number of benzene rings is 1. The van der Waals surface area contributed by atoms with E-state index in [2.05, 4.69) is 19.2 Å². The molecule has 1 aliphatic rings. The summed E-state index contributed by atoms with van der Waals surface area (Å²) < 4.78 is 7.54. The zero-order valence-electron chi connectivity index (χ0n) is 19.7. The highest BCUT2D eigenvalue weighted by molar-refractivity contribution is 7.99. The van der Waals surface area contributed by atoms with Crippen LogP contribution in [0.3, 0.4) is 0 Å². The highest BCUT2D eigenvalue weighted by atomic mass is 32.2. The monoisotopic (exact) mass is 485 g/mol. The first-order chi connectivity index (χ1) is 15.9. The Labute approximate surface area is 202 Å². The van der Waals surface area contributed by atoms with Crippen molar-refractivity contribution in [2.75, 3.05) is 17.7 Å². The molecule has 33 heavy (non-hydrogen) atoms. The third-order valence-corrected chi connectivity index (χ3v) is 8.20. The van der Waals surface area contributed by atoms with Crippen molar-refractivity contribution in [2.45, 2.75) is 71.2 Å². The van der Waals surface area contributed by atoms with Gasteiger partial charge in [0.1, 0.15) is 4.83 Å². The van der Waals surface area contributed by atoms with Gasteiger partial charge in [0, 0.05) is 17.2 Å². The average Bonchev–Trinajstić information content (AvgIpc) is 3.42. The second kappa shape index (κ2) is 10.4. The molecule has 2 aromatic heterocycles. The molecule has 1 saturated heterocycles. The minimum absolute atomic E-state index is 0.0130. The van der Waals surface area contributed by atoms with E-state index in [1.165, 1.54) is 11.8 Å². The van der Waals surface area contributed by atoms with Crippen LogP contribution in [0.4, 0.5) is 5.69 Å². The van der Waals surface area contributed by atoms with E-state index in [1.54, 1.807) is 15.9 Å². The Bertz CT molecular complexity index is 1230. The summed E-state index contributed by atoms with van der Waals surface area (Å²) in [6, 6.07) is 6.05. The first-order valence-corrected chi connectivity index (χ1v) is 13.4. The van der Waals surface area contributed by atoms with Gasteiger partial charge >= 0.3 is 0 Å². The van der Waals surface area contributed by atoms with E-state index in [9.17, 15) is 9.59 Å². The number of anilines is 1. The molecule has 1 N–H and O–H groups in total. The van der Waals surface area contributed by atoms with E-state index in [0.717, 1.165) is 69.8 Å². The molecule has 0 saturated carbocycles. The van der Waals surface area contributed by atoms with Crippen LogP contribution in [0.2, 0.25) is 0 Å². The molecule has 1 aliphatic heterocycles. The topological polar surface area (TPSA) is 73.2 Å². The Hall–Kier alpha value is -2.16. The van der Waals surface area contributed by atoms with Crippen molar-refractivity contribution in [2.24, 2.45) is 0 Å². The minimum atomic E-state index is -0.0985. The van der Waals surface area contributed by atoms with E-state index >= 15 is 0 Å². The minimum Gasteiger partial charge on any atom is -0.376 e. The van der Waals surface area contributed by atoms with Gasteiger partial charge in [0.15, 0.2) is 5.16 Å². The number of hydrogen-bond donors (Lipinski definition) is 1. The molecule has 3 heterocycles. The number of nitrogens with zero attached hydrogens (tertiary/aromatic N) is 2. The molecular weight excluding hydrogens is 454 g/mol. The maximum Gasteiger partial charge on any atom is 0.263 e. The van der Waals surface area contributed by atoms with E-state index in [0.29, 0.717) is 11.7 Å². The van der Waals surface area contributed by atoms with Crippen molar-refractivity contribution in [3.05, 3.63) is 50.1 Å². The number of fused-ring (bicyclic) bond motifs is 1.